The molecule has 5 rings (SSSR count). The van der Waals surface area contributed by atoms with Gasteiger partial charge in [-0.15, -0.1) is 0 Å². The van der Waals surface area contributed by atoms with Gasteiger partial charge in [0.25, 0.3) is 11.8 Å². The largest absolute Gasteiger partial charge is 0.369 e. The van der Waals surface area contributed by atoms with E-state index in [1.807, 2.05) is 36.4 Å². The molecule has 3 aromatic rings. The molecule has 2 fully saturated rings. The predicted octanol–water partition coefficient (Wildman–Crippen LogP) is 5.92. The summed E-state index contributed by atoms with van der Waals surface area (Å²) in [7, 11) is 2.14. The summed E-state index contributed by atoms with van der Waals surface area (Å²) in [6, 6.07) is 18.8. The Labute approximate surface area is 237 Å². The van der Waals surface area contributed by atoms with Crippen molar-refractivity contribution in [2.24, 2.45) is 0 Å². The highest BCUT2D eigenvalue weighted by molar-refractivity contribution is 9.10. The van der Waals surface area contributed by atoms with E-state index in [0.717, 1.165) is 50.4 Å². The second kappa shape index (κ2) is 11.9. The highest BCUT2D eigenvalue weighted by Gasteiger charge is 2.26. The molecule has 2 amide bonds. The maximum atomic E-state index is 14.1. The Bertz CT molecular complexity index is 1330. The molecule has 0 aromatic heterocycles. The number of carbonyl (C=O) groups excluding carboxylic acids is 2. The van der Waals surface area contributed by atoms with Gasteiger partial charge < -0.3 is 20.0 Å². The molecule has 1 N–H and O–H groups in total. The Balaban J connectivity index is 1.14. The van der Waals surface area contributed by atoms with E-state index in [4.69, 9.17) is 0 Å². The van der Waals surface area contributed by atoms with Crippen LogP contribution in [0.25, 0.3) is 0 Å². The third-order valence-electron chi connectivity index (χ3n) is 7.90. The highest BCUT2D eigenvalue weighted by atomic mass is 79.9. The first-order valence-electron chi connectivity index (χ1n) is 13.5. The predicted molar refractivity (Wildman–Crippen MR) is 157 cm³/mol. The molecular weight excluding hydrogens is 559 g/mol. The van der Waals surface area contributed by atoms with Gasteiger partial charge in [0.05, 0.1) is 5.56 Å². The van der Waals surface area contributed by atoms with Crippen molar-refractivity contribution < 1.29 is 14.0 Å². The van der Waals surface area contributed by atoms with Crippen molar-refractivity contribution in [3.05, 3.63) is 93.2 Å². The number of amides is 2. The van der Waals surface area contributed by atoms with Gasteiger partial charge in [-0.25, -0.2) is 4.39 Å². The lowest BCUT2D eigenvalue weighted by molar-refractivity contribution is 0.0711. The van der Waals surface area contributed by atoms with Crippen molar-refractivity contribution in [3.63, 3.8) is 0 Å². The zero-order valence-electron chi connectivity index (χ0n) is 22.4. The van der Waals surface area contributed by atoms with E-state index in [9.17, 15) is 14.0 Å². The van der Waals surface area contributed by atoms with Gasteiger partial charge in [-0.05, 0) is 108 Å². The second-order valence-electron chi connectivity index (χ2n) is 10.6. The average molecular weight is 594 g/mol. The Hall–Kier alpha value is -3.23. The van der Waals surface area contributed by atoms with Crippen LogP contribution in [-0.2, 0) is 0 Å². The number of likely N-dealkylation sites (tertiary alicyclic amines) is 1. The number of hydrogen-bond donors (Lipinski definition) is 1. The molecule has 0 unspecified atom stereocenters. The number of hydrogen-bond acceptors (Lipinski definition) is 4. The SMILES string of the molecule is Cc1cc(Br)c(C(=O)N2CCC(c3ccc(NC(=O)c4ccc(N5CCN(C)CC5)cc4)cc3)CC2)cc1F. The maximum Gasteiger partial charge on any atom is 0.255 e. The minimum absolute atomic E-state index is 0.127. The molecule has 0 aliphatic carbocycles. The number of nitrogens with one attached hydrogen (secondary N) is 1. The van der Waals surface area contributed by atoms with E-state index in [0.29, 0.717) is 40.2 Å². The van der Waals surface area contributed by atoms with Crippen LogP contribution >= 0.6 is 15.9 Å². The molecule has 0 saturated carbocycles. The van der Waals surface area contributed by atoms with Crippen LogP contribution in [0.1, 0.15) is 50.6 Å². The smallest absolute Gasteiger partial charge is 0.255 e. The summed E-state index contributed by atoms with van der Waals surface area (Å²) in [4.78, 5) is 32.3. The zero-order valence-corrected chi connectivity index (χ0v) is 24.0. The number of likely N-dealkylation sites (N-methyl/N-ethyl adjacent to an activating group) is 1. The third-order valence-corrected chi connectivity index (χ3v) is 8.55. The van der Waals surface area contributed by atoms with Gasteiger partial charge in [0.2, 0.25) is 0 Å². The second-order valence-corrected chi connectivity index (χ2v) is 11.4. The molecule has 39 heavy (non-hydrogen) atoms. The van der Waals surface area contributed by atoms with Crippen LogP contribution in [-0.4, -0.2) is 67.9 Å². The van der Waals surface area contributed by atoms with Crippen molar-refractivity contribution in [3.8, 4) is 0 Å². The van der Waals surface area contributed by atoms with Crippen molar-refractivity contribution in [2.75, 3.05) is 56.5 Å². The molecule has 0 spiro atoms. The minimum atomic E-state index is -0.369. The highest BCUT2D eigenvalue weighted by Crippen LogP contribution is 2.31. The number of nitrogens with zero attached hydrogens (tertiary/aromatic N) is 3. The van der Waals surface area contributed by atoms with Crippen LogP contribution in [0.2, 0.25) is 0 Å². The summed E-state index contributed by atoms with van der Waals surface area (Å²) in [6.45, 7) is 7.00. The standard InChI is InChI=1S/C31H34BrFN4O2/c1-21-19-28(32)27(20-29(21)33)31(39)37-13-11-23(12-14-37)22-3-7-25(8-4-22)34-30(38)24-5-9-26(10-6-24)36-17-15-35(2)16-18-36/h3-10,19-20,23H,11-18H2,1-2H3,(H,34,38). The van der Waals surface area contributed by atoms with Gasteiger partial charge >= 0.3 is 0 Å². The van der Waals surface area contributed by atoms with E-state index in [1.165, 1.54) is 11.6 Å². The summed E-state index contributed by atoms with van der Waals surface area (Å²) >= 11 is 3.41. The van der Waals surface area contributed by atoms with E-state index in [1.54, 1.807) is 17.9 Å². The molecular formula is C31H34BrFN4O2. The summed E-state index contributed by atoms with van der Waals surface area (Å²) in [5.41, 5.74) is 4.61. The van der Waals surface area contributed by atoms with Gasteiger partial charge in [0.1, 0.15) is 5.82 Å². The first-order chi connectivity index (χ1) is 18.8. The molecule has 2 saturated heterocycles. The fourth-order valence-electron chi connectivity index (χ4n) is 5.33. The van der Waals surface area contributed by atoms with Crippen LogP contribution in [0.5, 0.6) is 0 Å². The molecule has 3 aromatic carbocycles. The van der Waals surface area contributed by atoms with Gasteiger partial charge in [-0.1, -0.05) is 12.1 Å². The molecule has 0 bridgehead atoms. The maximum absolute atomic E-state index is 14.1. The van der Waals surface area contributed by atoms with E-state index in [-0.39, 0.29) is 17.6 Å². The number of carbonyl (C=O) groups is 2. The number of halogens is 2. The van der Waals surface area contributed by atoms with Crippen molar-refractivity contribution in [2.45, 2.75) is 25.7 Å². The molecule has 204 valence electrons. The third kappa shape index (κ3) is 6.34. The minimum Gasteiger partial charge on any atom is -0.369 e. The molecule has 0 radical (unpaired) electrons. The summed E-state index contributed by atoms with van der Waals surface area (Å²) in [6.07, 6.45) is 1.67. The number of rotatable bonds is 5. The van der Waals surface area contributed by atoms with Crippen molar-refractivity contribution >= 4 is 39.1 Å². The van der Waals surface area contributed by atoms with E-state index in [2.05, 4.69) is 50.2 Å². The lowest BCUT2D eigenvalue weighted by Crippen LogP contribution is -2.44. The molecule has 0 atom stereocenters. The number of aryl methyl sites for hydroxylation is 1. The summed E-state index contributed by atoms with van der Waals surface area (Å²) < 4.78 is 14.7. The van der Waals surface area contributed by atoms with E-state index >= 15 is 0 Å². The van der Waals surface area contributed by atoms with Gasteiger partial charge in [0, 0.05) is 60.7 Å². The summed E-state index contributed by atoms with van der Waals surface area (Å²) in [5.74, 6) is -0.308. The van der Waals surface area contributed by atoms with Crippen LogP contribution in [0, 0.1) is 12.7 Å². The molecule has 6 nitrogen and oxygen atoms in total. The summed E-state index contributed by atoms with van der Waals surface area (Å²) in [5, 5.41) is 3.00. The number of anilines is 2. The lowest BCUT2D eigenvalue weighted by atomic mass is 9.89. The van der Waals surface area contributed by atoms with Crippen LogP contribution in [0.15, 0.2) is 65.1 Å². The Morgan fingerprint density at radius 3 is 2.18 bits per heavy atom. The first-order valence-corrected chi connectivity index (χ1v) is 14.3. The monoisotopic (exact) mass is 592 g/mol. The van der Waals surface area contributed by atoms with Crippen molar-refractivity contribution in [1.29, 1.82) is 0 Å². The first kappa shape index (κ1) is 27.3. The Morgan fingerprint density at radius 2 is 1.54 bits per heavy atom. The quantitative estimate of drug-likeness (QED) is 0.399. The normalized spacial score (nSPS) is 16.8. The van der Waals surface area contributed by atoms with Gasteiger partial charge in [-0.2, -0.15) is 0 Å². The van der Waals surface area contributed by atoms with Crippen LogP contribution < -0.4 is 10.2 Å². The number of piperazine rings is 1. The van der Waals surface area contributed by atoms with Gasteiger partial charge in [-0.3, -0.25) is 9.59 Å². The lowest BCUT2D eigenvalue weighted by Gasteiger charge is -2.34. The van der Waals surface area contributed by atoms with Crippen LogP contribution in [0.3, 0.4) is 0 Å². The molecule has 2 aliphatic rings. The number of benzene rings is 3. The Kier molecular flexibility index (Phi) is 8.33. The fraction of sp³-hybridized carbons (Fsp3) is 0.355. The van der Waals surface area contributed by atoms with Gasteiger partial charge in [0.15, 0.2) is 0 Å². The van der Waals surface area contributed by atoms with Crippen LogP contribution in [0.4, 0.5) is 15.8 Å². The molecule has 8 heteroatoms. The number of piperidine rings is 1. The van der Waals surface area contributed by atoms with Crippen molar-refractivity contribution in [1.82, 2.24) is 9.80 Å². The zero-order chi connectivity index (χ0) is 27.5. The fourth-order valence-corrected chi connectivity index (χ4v) is 5.95. The molecule has 2 aliphatic heterocycles. The molecule has 2 heterocycles. The topological polar surface area (TPSA) is 55.9 Å². The van der Waals surface area contributed by atoms with E-state index < -0.39 is 0 Å². The average Bonchev–Trinajstić information content (AvgIpc) is 2.95. The Morgan fingerprint density at radius 1 is 0.897 bits per heavy atom.